The summed E-state index contributed by atoms with van der Waals surface area (Å²) in [5.74, 6) is 0.981. The van der Waals surface area contributed by atoms with Gasteiger partial charge in [-0.25, -0.2) is 0 Å². The van der Waals surface area contributed by atoms with Crippen LogP contribution in [0.4, 0.5) is 0 Å². The topological polar surface area (TPSA) is 35.2 Å². The summed E-state index contributed by atoms with van der Waals surface area (Å²) >= 11 is 3.46. The van der Waals surface area contributed by atoms with Gasteiger partial charge in [0.2, 0.25) is 0 Å². The predicted octanol–water partition coefficient (Wildman–Crippen LogP) is 2.84. The third-order valence-electron chi connectivity index (χ3n) is 3.17. The zero-order chi connectivity index (χ0) is 10.9. The van der Waals surface area contributed by atoms with Gasteiger partial charge in [0.15, 0.2) is 0 Å². The highest BCUT2D eigenvalue weighted by atomic mass is 79.9. The molecule has 1 aliphatic rings. The average molecular weight is 270 g/mol. The zero-order valence-electron chi connectivity index (χ0n) is 8.92. The summed E-state index contributed by atoms with van der Waals surface area (Å²) in [6.45, 7) is 3.68. The van der Waals surface area contributed by atoms with Gasteiger partial charge in [0.1, 0.15) is 5.75 Å². The van der Waals surface area contributed by atoms with Crippen molar-refractivity contribution in [1.29, 1.82) is 0 Å². The van der Waals surface area contributed by atoms with Gasteiger partial charge in [-0.15, -0.1) is 0 Å². The van der Waals surface area contributed by atoms with Crippen molar-refractivity contribution in [2.75, 3.05) is 13.2 Å². The smallest absolute Gasteiger partial charge is 0.124 e. The molecule has 0 fully saturated rings. The standard InChI is InChI=1S/C12H16BrNO/c1-12(8-14)5-2-6-15-11-7-9(13)3-4-10(11)12/h3-4,7H,2,5-6,8,14H2,1H3. The minimum Gasteiger partial charge on any atom is -0.493 e. The van der Waals surface area contributed by atoms with E-state index in [-0.39, 0.29) is 5.41 Å². The fourth-order valence-corrected chi connectivity index (χ4v) is 2.45. The van der Waals surface area contributed by atoms with E-state index >= 15 is 0 Å². The van der Waals surface area contributed by atoms with Gasteiger partial charge in [0.05, 0.1) is 6.61 Å². The Morgan fingerprint density at radius 2 is 2.33 bits per heavy atom. The molecular weight excluding hydrogens is 254 g/mol. The molecule has 2 N–H and O–H groups in total. The van der Waals surface area contributed by atoms with Gasteiger partial charge in [-0.3, -0.25) is 0 Å². The molecule has 82 valence electrons. The maximum Gasteiger partial charge on any atom is 0.124 e. The van der Waals surface area contributed by atoms with Crippen molar-refractivity contribution in [1.82, 2.24) is 0 Å². The molecule has 0 saturated heterocycles. The van der Waals surface area contributed by atoms with Crippen LogP contribution in [0.1, 0.15) is 25.3 Å². The number of fused-ring (bicyclic) bond motifs is 1. The van der Waals surface area contributed by atoms with Crippen LogP contribution in [0.5, 0.6) is 5.75 Å². The first-order valence-electron chi connectivity index (χ1n) is 5.29. The van der Waals surface area contributed by atoms with E-state index < -0.39 is 0 Å². The first-order valence-corrected chi connectivity index (χ1v) is 6.08. The van der Waals surface area contributed by atoms with E-state index in [9.17, 15) is 0 Å². The Bertz CT molecular complexity index is 367. The predicted molar refractivity (Wildman–Crippen MR) is 65.3 cm³/mol. The molecular formula is C12H16BrNO. The van der Waals surface area contributed by atoms with Gasteiger partial charge < -0.3 is 10.5 Å². The van der Waals surface area contributed by atoms with Crippen LogP contribution in [0.25, 0.3) is 0 Å². The number of hydrogen-bond acceptors (Lipinski definition) is 2. The number of rotatable bonds is 1. The van der Waals surface area contributed by atoms with E-state index in [4.69, 9.17) is 10.5 Å². The highest BCUT2D eigenvalue weighted by Crippen LogP contribution is 2.38. The number of hydrogen-bond donors (Lipinski definition) is 1. The van der Waals surface area contributed by atoms with E-state index in [0.717, 1.165) is 29.7 Å². The van der Waals surface area contributed by atoms with Gasteiger partial charge in [-0.2, -0.15) is 0 Å². The summed E-state index contributed by atoms with van der Waals surface area (Å²) in [5, 5.41) is 0. The first-order chi connectivity index (χ1) is 7.15. The van der Waals surface area contributed by atoms with Crippen LogP contribution in [0.3, 0.4) is 0 Å². The molecule has 2 rings (SSSR count). The van der Waals surface area contributed by atoms with E-state index in [1.807, 2.05) is 6.07 Å². The van der Waals surface area contributed by atoms with Crippen LogP contribution in [0, 0.1) is 0 Å². The molecule has 0 spiro atoms. The summed E-state index contributed by atoms with van der Waals surface area (Å²) in [6, 6.07) is 6.22. The SMILES string of the molecule is CC1(CN)CCCOc2cc(Br)ccc21. The zero-order valence-corrected chi connectivity index (χ0v) is 10.5. The number of nitrogens with two attached hydrogens (primary N) is 1. The Morgan fingerprint density at radius 1 is 1.53 bits per heavy atom. The average Bonchev–Trinajstić information content (AvgIpc) is 2.39. The molecule has 1 unspecified atom stereocenters. The summed E-state index contributed by atoms with van der Waals surface area (Å²) in [5.41, 5.74) is 7.20. The lowest BCUT2D eigenvalue weighted by atomic mass is 9.79. The molecule has 0 saturated carbocycles. The molecule has 1 atom stereocenters. The lowest BCUT2D eigenvalue weighted by molar-refractivity contribution is 0.313. The minimum absolute atomic E-state index is 0.0620. The largest absolute Gasteiger partial charge is 0.493 e. The quantitative estimate of drug-likeness (QED) is 0.851. The Balaban J connectivity index is 2.50. The van der Waals surface area contributed by atoms with Crippen LogP contribution < -0.4 is 10.5 Å². The van der Waals surface area contributed by atoms with Crippen molar-refractivity contribution >= 4 is 15.9 Å². The van der Waals surface area contributed by atoms with Crippen LogP contribution >= 0.6 is 15.9 Å². The summed E-state index contributed by atoms with van der Waals surface area (Å²) < 4.78 is 6.80. The first kappa shape index (κ1) is 11.0. The highest BCUT2D eigenvalue weighted by molar-refractivity contribution is 9.10. The highest BCUT2D eigenvalue weighted by Gasteiger charge is 2.30. The Hall–Kier alpha value is -0.540. The second-order valence-corrected chi connectivity index (χ2v) is 5.27. The normalized spacial score (nSPS) is 25.3. The van der Waals surface area contributed by atoms with Crippen molar-refractivity contribution in [3.63, 3.8) is 0 Å². The Labute approximate surface area is 98.9 Å². The van der Waals surface area contributed by atoms with Gasteiger partial charge in [0, 0.05) is 22.0 Å². The lowest BCUT2D eigenvalue weighted by Crippen LogP contribution is -2.31. The van der Waals surface area contributed by atoms with Crippen LogP contribution in [0.15, 0.2) is 22.7 Å². The molecule has 1 heterocycles. The van der Waals surface area contributed by atoms with Crippen molar-refractivity contribution in [3.8, 4) is 5.75 Å². The number of benzene rings is 1. The second-order valence-electron chi connectivity index (χ2n) is 4.36. The van der Waals surface area contributed by atoms with Gasteiger partial charge >= 0.3 is 0 Å². The van der Waals surface area contributed by atoms with E-state index in [1.54, 1.807) is 0 Å². The third-order valence-corrected chi connectivity index (χ3v) is 3.67. The van der Waals surface area contributed by atoms with Crippen LogP contribution in [0.2, 0.25) is 0 Å². The van der Waals surface area contributed by atoms with E-state index in [1.165, 1.54) is 5.56 Å². The minimum atomic E-state index is 0.0620. The second kappa shape index (κ2) is 4.14. The Kier molecular flexibility index (Phi) is 3.03. The monoisotopic (exact) mass is 269 g/mol. The maximum absolute atomic E-state index is 5.89. The molecule has 0 amide bonds. The molecule has 0 radical (unpaired) electrons. The summed E-state index contributed by atoms with van der Waals surface area (Å²) in [6.07, 6.45) is 2.16. The molecule has 1 aromatic carbocycles. The number of ether oxygens (including phenoxy) is 1. The fraction of sp³-hybridized carbons (Fsp3) is 0.500. The molecule has 3 heteroatoms. The third kappa shape index (κ3) is 2.04. The summed E-state index contributed by atoms with van der Waals surface area (Å²) in [7, 11) is 0. The van der Waals surface area contributed by atoms with E-state index in [0.29, 0.717) is 6.54 Å². The molecule has 0 aliphatic carbocycles. The van der Waals surface area contributed by atoms with Gasteiger partial charge in [-0.1, -0.05) is 28.9 Å². The van der Waals surface area contributed by atoms with E-state index in [2.05, 4.69) is 35.0 Å². The maximum atomic E-state index is 5.89. The van der Waals surface area contributed by atoms with Crippen LogP contribution in [-0.4, -0.2) is 13.2 Å². The lowest BCUT2D eigenvalue weighted by Gasteiger charge is -2.27. The van der Waals surface area contributed by atoms with Crippen LogP contribution in [-0.2, 0) is 5.41 Å². The Morgan fingerprint density at radius 3 is 3.07 bits per heavy atom. The van der Waals surface area contributed by atoms with Gasteiger partial charge in [0.25, 0.3) is 0 Å². The molecule has 1 aromatic rings. The fourth-order valence-electron chi connectivity index (χ4n) is 2.11. The molecule has 15 heavy (non-hydrogen) atoms. The van der Waals surface area contributed by atoms with Crippen molar-refractivity contribution in [3.05, 3.63) is 28.2 Å². The molecule has 0 bridgehead atoms. The van der Waals surface area contributed by atoms with Crippen molar-refractivity contribution < 1.29 is 4.74 Å². The van der Waals surface area contributed by atoms with Crippen molar-refractivity contribution in [2.45, 2.75) is 25.2 Å². The van der Waals surface area contributed by atoms with Crippen molar-refractivity contribution in [2.24, 2.45) is 5.73 Å². The molecule has 2 nitrogen and oxygen atoms in total. The summed E-state index contributed by atoms with van der Waals surface area (Å²) in [4.78, 5) is 0. The molecule has 0 aromatic heterocycles. The number of halogens is 1. The van der Waals surface area contributed by atoms with Gasteiger partial charge in [-0.05, 0) is 25.0 Å². The molecule has 1 aliphatic heterocycles.